The molecule has 1 heterocycles. The molecule has 1 aromatic heterocycles. The Labute approximate surface area is 88.1 Å². The van der Waals surface area contributed by atoms with Crippen molar-refractivity contribution >= 4 is 15.7 Å². The number of primary sulfonamides is 1. The zero-order chi connectivity index (χ0) is 12.5. The normalized spacial score (nSPS) is 11.8. The summed E-state index contributed by atoms with van der Waals surface area (Å²) >= 11 is 0. The molecule has 88 valence electrons. The standard InChI is InChI=1S/C6H5F2N3O4S/c7-6(8)3-1-10-2-4(11(12)13)5(3)16(9,14)15/h1-2,6H,(H2,9,14,15). The average Bonchev–Trinajstić information content (AvgIpc) is 2.15. The first kappa shape index (κ1) is 12.4. The van der Waals surface area contributed by atoms with E-state index in [-0.39, 0.29) is 0 Å². The Bertz CT molecular complexity index is 531. The fraction of sp³-hybridized carbons (Fsp3) is 0.167. The number of nitrogens with zero attached hydrogens (tertiary/aromatic N) is 2. The largest absolute Gasteiger partial charge is 0.307 e. The van der Waals surface area contributed by atoms with Gasteiger partial charge in [0.05, 0.1) is 10.5 Å². The monoisotopic (exact) mass is 253 g/mol. The van der Waals surface area contributed by atoms with Crippen LogP contribution in [-0.2, 0) is 10.0 Å². The fourth-order valence-corrected chi connectivity index (χ4v) is 1.94. The van der Waals surface area contributed by atoms with Gasteiger partial charge in [0.15, 0.2) is 4.90 Å². The van der Waals surface area contributed by atoms with Gasteiger partial charge in [-0.3, -0.25) is 15.1 Å². The Morgan fingerprint density at radius 2 is 2.00 bits per heavy atom. The number of nitrogens with two attached hydrogens (primary N) is 1. The van der Waals surface area contributed by atoms with Gasteiger partial charge in [0.1, 0.15) is 6.20 Å². The maximum atomic E-state index is 12.4. The van der Waals surface area contributed by atoms with Gasteiger partial charge in [0.2, 0.25) is 10.0 Å². The molecule has 0 saturated heterocycles. The van der Waals surface area contributed by atoms with Crippen LogP contribution in [0.25, 0.3) is 0 Å². The lowest BCUT2D eigenvalue weighted by molar-refractivity contribution is -0.388. The molecule has 10 heteroatoms. The molecule has 0 radical (unpaired) electrons. The van der Waals surface area contributed by atoms with Gasteiger partial charge in [-0.05, 0) is 0 Å². The van der Waals surface area contributed by atoms with Gasteiger partial charge in [-0.25, -0.2) is 22.3 Å². The van der Waals surface area contributed by atoms with Gasteiger partial charge in [0.25, 0.3) is 6.43 Å². The number of hydrogen-bond acceptors (Lipinski definition) is 5. The molecule has 1 rings (SSSR count). The molecule has 1 aromatic rings. The van der Waals surface area contributed by atoms with E-state index >= 15 is 0 Å². The summed E-state index contributed by atoms with van der Waals surface area (Å²) in [5.41, 5.74) is -2.16. The Morgan fingerprint density at radius 1 is 1.44 bits per heavy atom. The van der Waals surface area contributed by atoms with E-state index < -0.39 is 37.5 Å². The van der Waals surface area contributed by atoms with Crippen LogP contribution in [-0.4, -0.2) is 18.3 Å². The van der Waals surface area contributed by atoms with Crippen molar-refractivity contribution in [2.45, 2.75) is 11.3 Å². The predicted molar refractivity (Wildman–Crippen MR) is 47.2 cm³/mol. The zero-order valence-corrected chi connectivity index (χ0v) is 8.32. The second-order valence-corrected chi connectivity index (χ2v) is 4.18. The van der Waals surface area contributed by atoms with E-state index in [0.717, 1.165) is 0 Å². The number of nitro groups is 1. The summed E-state index contributed by atoms with van der Waals surface area (Å²) in [5.74, 6) is 0. The molecular weight excluding hydrogens is 248 g/mol. The Morgan fingerprint density at radius 3 is 2.38 bits per heavy atom. The molecule has 0 saturated carbocycles. The maximum absolute atomic E-state index is 12.4. The van der Waals surface area contributed by atoms with E-state index in [1.807, 2.05) is 0 Å². The first-order valence-electron chi connectivity index (χ1n) is 3.68. The average molecular weight is 253 g/mol. The third-order valence-corrected chi connectivity index (χ3v) is 2.64. The molecule has 0 atom stereocenters. The van der Waals surface area contributed by atoms with Crippen LogP contribution in [0, 0.1) is 10.1 Å². The highest BCUT2D eigenvalue weighted by molar-refractivity contribution is 7.89. The summed E-state index contributed by atoms with van der Waals surface area (Å²) in [6.45, 7) is 0. The van der Waals surface area contributed by atoms with Crippen LogP contribution in [0.15, 0.2) is 17.3 Å². The molecule has 16 heavy (non-hydrogen) atoms. The molecule has 0 unspecified atom stereocenters. The third kappa shape index (κ3) is 2.28. The molecule has 0 bridgehead atoms. The third-order valence-electron chi connectivity index (χ3n) is 1.62. The summed E-state index contributed by atoms with van der Waals surface area (Å²) in [5, 5.41) is 15.1. The predicted octanol–water partition coefficient (Wildman–Crippen LogP) is 0.575. The van der Waals surface area contributed by atoms with Crippen LogP contribution in [0.2, 0.25) is 0 Å². The number of pyridine rings is 1. The first-order valence-corrected chi connectivity index (χ1v) is 5.23. The Kier molecular flexibility index (Phi) is 3.14. The highest BCUT2D eigenvalue weighted by atomic mass is 32.2. The molecule has 0 spiro atoms. The summed E-state index contributed by atoms with van der Waals surface area (Å²) in [6, 6.07) is 0. The van der Waals surface area contributed by atoms with E-state index in [9.17, 15) is 27.3 Å². The van der Waals surface area contributed by atoms with Gasteiger partial charge in [-0.1, -0.05) is 0 Å². The molecule has 0 amide bonds. The van der Waals surface area contributed by atoms with Crippen molar-refractivity contribution in [1.82, 2.24) is 4.98 Å². The van der Waals surface area contributed by atoms with E-state index in [1.165, 1.54) is 0 Å². The molecule has 7 nitrogen and oxygen atoms in total. The Balaban J connectivity index is 3.68. The van der Waals surface area contributed by atoms with Crippen molar-refractivity contribution in [2.75, 3.05) is 0 Å². The highest BCUT2D eigenvalue weighted by Crippen LogP contribution is 2.31. The van der Waals surface area contributed by atoms with Gasteiger partial charge in [0, 0.05) is 6.20 Å². The SMILES string of the molecule is NS(=O)(=O)c1c(C(F)F)cncc1[N+](=O)[O-]. The minimum absolute atomic E-state index is 0.525. The topological polar surface area (TPSA) is 116 Å². The van der Waals surface area contributed by atoms with Crippen LogP contribution >= 0.6 is 0 Å². The van der Waals surface area contributed by atoms with Gasteiger partial charge >= 0.3 is 5.69 Å². The quantitative estimate of drug-likeness (QED) is 0.624. The molecule has 0 aliphatic heterocycles. The number of rotatable bonds is 3. The van der Waals surface area contributed by atoms with Crippen molar-refractivity contribution in [3.8, 4) is 0 Å². The van der Waals surface area contributed by atoms with E-state index in [4.69, 9.17) is 0 Å². The minimum Gasteiger partial charge on any atom is -0.258 e. The van der Waals surface area contributed by atoms with Crippen molar-refractivity contribution < 1.29 is 22.1 Å². The molecule has 0 aliphatic carbocycles. The van der Waals surface area contributed by atoms with Crippen LogP contribution in [0.1, 0.15) is 12.0 Å². The summed E-state index contributed by atoms with van der Waals surface area (Å²) in [6.07, 6.45) is -2.15. The van der Waals surface area contributed by atoms with Crippen molar-refractivity contribution in [1.29, 1.82) is 0 Å². The minimum atomic E-state index is -4.62. The molecule has 0 aliphatic rings. The van der Waals surface area contributed by atoms with Crippen LogP contribution in [0.3, 0.4) is 0 Å². The van der Waals surface area contributed by atoms with Gasteiger partial charge in [-0.15, -0.1) is 0 Å². The van der Waals surface area contributed by atoms with Gasteiger partial charge < -0.3 is 0 Å². The van der Waals surface area contributed by atoms with E-state index in [1.54, 1.807) is 0 Å². The number of sulfonamides is 1. The van der Waals surface area contributed by atoms with Crippen LogP contribution in [0.5, 0.6) is 0 Å². The zero-order valence-electron chi connectivity index (χ0n) is 7.50. The first-order chi connectivity index (χ1) is 7.25. The fourth-order valence-electron chi connectivity index (χ4n) is 1.05. The van der Waals surface area contributed by atoms with Crippen molar-refractivity contribution in [3.63, 3.8) is 0 Å². The second-order valence-electron chi connectivity index (χ2n) is 2.68. The van der Waals surface area contributed by atoms with E-state index in [0.29, 0.717) is 12.4 Å². The smallest absolute Gasteiger partial charge is 0.258 e. The summed E-state index contributed by atoms with van der Waals surface area (Å²) < 4.78 is 46.8. The van der Waals surface area contributed by atoms with E-state index in [2.05, 4.69) is 10.1 Å². The molecule has 0 fully saturated rings. The lowest BCUT2D eigenvalue weighted by Gasteiger charge is -2.05. The lowest BCUT2D eigenvalue weighted by Crippen LogP contribution is -2.17. The Hall–Kier alpha value is -1.68. The summed E-state index contributed by atoms with van der Waals surface area (Å²) in [4.78, 5) is 11.3. The number of alkyl halides is 2. The highest BCUT2D eigenvalue weighted by Gasteiger charge is 2.30. The number of aromatic nitrogens is 1. The lowest BCUT2D eigenvalue weighted by atomic mass is 10.3. The second kappa shape index (κ2) is 4.06. The maximum Gasteiger partial charge on any atom is 0.307 e. The summed E-state index contributed by atoms with van der Waals surface area (Å²) in [7, 11) is -4.62. The van der Waals surface area contributed by atoms with Crippen LogP contribution in [0.4, 0.5) is 14.5 Å². The molecular formula is C6H5F2N3O4S. The van der Waals surface area contributed by atoms with Crippen LogP contribution < -0.4 is 5.14 Å². The number of hydrogen-bond donors (Lipinski definition) is 1. The van der Waals surface area contributed by atoms with Gasteiger partial charge in [-0.2, -0.15) is 0 Å². The molecule has 2 N–H and O–H groups in total. The van der Waals surface area contributed by atoms with Crippen molar-refractivity contribution in [2.24, 2.45) is 5.14 Å². The van der Waals surface area contributed by atoms with Crippen molar-refractivity contribution in [3.05, 3.63) is 28.1 Å². The molecule has 0 aromatic carbocycles. The number of halogens is 2.